The van der Waals surface area contributed by atoms with Gasteiger partial charge in [0.2, 0.25) is 5.91 Å². The molecule has 1 aromatic carbocycles. The van der Waals surface area contributed by atoms with E-state index in [1.165, 1.54) is 19.3 Å². The lowest BCUT2D eigenvalue weighted by Crippen LogP contribution is -2.43. The summed E-state index contributed by atoms with van der Waals surface area (Å²) in [6.45, 7) is 1.42. The molecule has 4 rings (SSSR count). The van der Waals surface area contributed by atoms with Crippen molar-refractivity contribution in [2.45, 2.75) is 64.0 Å². The number of nitrogens with one attached hydrogen (secondary N) is 1. The van der Waals surface area contributed by atoms with E-state index >= 15 is 0 Å². The Labute approximate surface area is 143 Å². The summed E-state index contributed by atoms with van der Waals surface area (Å²) < 4.78 is 0. The number of carbonyl (C=O) groups excluding carboxylic acids is 2. The maximum atomic E-state index is 12.7. The minimum atomic E-state index is -0.0328. The van der Waals surface area contributed by atoms with Gasteiger partial charge >= 0.3 is 0 Å². The summed E-state index contributed by atoms with van der Waals surface area (Å²) in [4.78, 5) is 27.1. The van der Waals surface area contributed by atoms with Crippen LogP contribution in [0, 0.1) is 5.41 Å². The van der Waals surface area contributed by atoms with Crippen LogP contribution >= 0.6 is 0 Å². The van der Waals surface area contributed by atoms with Crippen LogP contribution < -0.4 is 5.32 Å². The van der Waals surface area contributed by atoms with Gasteiger partial charge in [0.25, 0.3) is 5.91 Å². The topological polar surface area (TPSA) is 49.4 Å². The predicted octanol–water partition coefficient (Wildman–Crippen LogP) is 3.26. The molecule has 2 fully saturated rings. The first-order valence-corrected chi connectivity index (χ1v) is 9.32. The van der Waals surface area contributed by atoms with Gasteiger partial charge in [0.05, 0.1) is 0 Å². The Morgan fingerprint density at radius 2 is 1.92 bits per heavy atom. The maximum absolute atomic E-state index is 12.7. The molecule has 24 heavy (non-hydrogen) atoms. The lowest BCUT2D eigenvalue weighted by Gasteiger charge is -2.39. The molecule has 0 saturated heterocycles. The average molecular weight is 326 g/mol. The molecule has 2 amide bonds. The average Bonchev–Trinajstić information content (AvgIpc) is 3.33. The number of hydrogen-bond acceptors (Lipinski definition) is 2. The highest BCUT2D eigenvalue weighted by Crippen LogP contribution is 2.41. The molecular weight excluding hydrogens is 300 g/mol. The zero-order chi connectivity index (χ0) is 16.6. The molecular formula is C20H26N2O2. The lowest BCUT2D eigenvalue weighted by atomic mass is 9.71. The van der Waals surface area contributed by atoms with Crippen LogP contribution in [-0.2, 0) is 11.3 Å². The molecule has 0 spiro atoms. The Bertz CT molecular complexity index is 645. The van der Waals surface area contributed by atoms with Crippen LogP contribution in [0.1, 0.15) is 67.3 Å². The number of carbonyl (C=O) groups is 2. The summed E-state index contributed by atoms with van der Waals surface area (Å²) in [6.07, 6.45) is 8.54. The monoisotopic (exact) mass is 326 g/mol. The molecule has 1 N–H and O–H groups in total. The van der Waals surface area contributed by atoms with Crippen LogP contribution in [0.25, 0.3) is 0 Å². The van der Waals surface area contributed by atoms with Crippen LogP contribution in [0.15, 0.2) is 24.3 Å². The smallest absolute Gasteiger partial charge is 0.254 e. The minimum Gasteiger partial charge on any atom is -0.353 e. The van der Waals surface area contributed by atoms with Crippen molar-refractivity contribution in [3.63, 3.8) is 0 Å². The Kier molecular flexibility index (Phi) is 4.07. The number of nitrogens with zero attached hydrogens (tertiary/aromatic N) is 1. The molecule has 0 bridgehead atoms. The molecule has 1 aromatic rings. The molecule has 4 heteroatoms. The van der Waals surface area contributed by atoms with Crippen molar-refractivity contribution in [1.29, 1.82) is 0 Å². The largest absolute Gasteiger partial charge is 0.353 e. The van der Waals surface area contributed by atoms with Gasteiger partial charge in [-0.1, -0.05) is 37.5 Å². The normalized spacial score (nSPS) is 22.3. The molecule has 0 aromatic heterocycles. The van der Waals surface area contributed by atoms with Crippen molar-refractivity contribution in [2.24, 2.45) is 5.41 Å². The summed E-state index contributed by atoms with van der Waals surface area (Å²) in [6, 6.07) is 8.30. The number of benzene rings is 1. The van der Waals surface area contributed by atoms with Gasteiger partial charge in [-0.05, 0) is 42.7 Å². The third kappa shape index (κ3) is 3.19. The van der Waals surface area contributed by atoms with Crippen LogP contribution in [-0.4, -0.2) is 29.3 Å². The van der Waals surface area contributed by atoms with E-state index in [4.69, 9.17) is 0 Å². The zero-order valence-electron chi connectivity index (χ0n) is 14.2. The fourth-order valence-electron chi connectivity index (χ4n) is 4.39. The quantitative estimate of drug-likeness (QED) is 0.903. The second kappa shape index (κ2) is 6.23. The Hall–Kier alpha value is -1.84. The van der Waals surface area contributed by atoms with E-state index in [0.29, 0.717) is 19.0 Å². The molecule has 2 saturated carbocycles. The van der Waals surface area contributed by atoms with Gasteiger partial charge < -0.3 is 10.2 Å². The Morgan fingerprint density at radius 3 is 2.62 bits per heavy atom. The second-order valence-corrected chi connectivity index (χ2v) is 7.90. The third-order valence-corrected chi connectivity index (χ3v) is 5.81. The number of hydrogen-bond donors (Lipinski definition) is 1. The van der Waals surface area contributed by atoms with E-state index in [1.807, 2.05) is 29.2 Å². The summed E-state index contributed by atoms with van der Waals surface area (Å²) in [7, 11) is 0. The molecule has 4 nitrogen and oxygen atoms in total. The van der Waals surface area contributed by atoms with Crippen LogP contribution in [0.4, 0.5) is 0 Å². The third-order valence-electron chi connectivity index (χ3n) is 5.81. The van der Waals surface area contributed by atoms with E-state index in [-0.39, 0.29) is 17.2 Å². The molecule has 128 valence electrons. The van der Waals surface area contributed by atoms with Gasteiger partial charge in [0.15, 0.2) is 0 Å². The number of rotatable bonds is 5. The fraction of sp³-hybridized carbons (Fsp3) is 0.600. The number of amides is 2. The Balaban J connectivity index is 1.48. The highest BCUT2D eigenvalue weighted by Gasteiger charge is 2.40. The highest BCUT2D eigenvalue weighted by atomic mass is 16.2. The van der Waals surface area contributed by atoms with Gasteiger partial charge in [-0.2, -0.15) is 0 Å². The van der Waals surface area contributed by atoms with Crippen LogP contribution in [0.3, 0.4) is 0 Å². The SMILES string of the molecule is O=C(CC1(CN2Cc3ccccc3C2=O)CCCCC1)NC1CC1. The molecule has 0 radical (unpaired) electrons. The summed E-state index contributed by atoms with van der Waals surface area (Å²) in [5.41, 5.74) is 1.93. The van der Waals surface area contributed by atoms with Gasteiger partial charge in [-0.15, -0.1) is 0 Å². The van der Waals surface area contributed by atoms with Crippen molar-refractivity contribution >= 4 is 11.8 Å². The van der Waals surface area contributed by atoms with Crippen molar-refractivity contribution in [2.75, 3.05) is 6.54 Å². The van der Waals surface area contributed by atoms with Crippen LogP contribution in [0.5, 0.6) is 0 Å². The van der Waals surface area contributed by atoms with Gasteiger partial charge in [-0.3, -0.25) is 9.59 Å². The van der Waals surface area contributed by atoms with E-state index in [9.17, 15) is 9.59 Å². The van der Waals surface area contributed by atoms with Gasteiger partial charge in [0.1, 0.15) is 0 Å². The molecule has 2 aliphatic carbocycles. The first-order valence-electron chi connectivity index (χ1n) is 9.32. The van der Waals surface area contributed by atoms with Crippen LogP contribution in [0.2, 0.25) is 0 Å². The van der Waals surface area contributed by atoms with E-state index < -0.39 is 0 Å². The highest BCUT2D eigenvalue weighted by molar-refractivity contribution is 5.98. The first-order chi connectivity index (χ1) is 11.7. The molecule has 3 aliphatic rings. The summed E-state index contributed by atoms with van der Waals surface area (Å²) in [5, 5.41) is 3.14. The lowest BCUT2D eigenvalue weighted by molar-refractivity contribution is -0.124. The number of fused-ring (bicyclic) bond motifs is 1. The van der Waals surface area contributed by atoms with Crippen molar-refractivity contribution in [3.8, 4) is 0 Å². The van der Waals surface area contributed by atoms with E-state index in [0.717, 1.165) is 43.4 Å². The molecule has 1 heterocycles. The second-order valence-electron chi connectivity index (χ2n) is 7.90. The van der Waals surface area contributed by atoms with Crippen molar-refractivity contribution < 1.29 is 9.59 Å². The summed E-state index contributed by atoms with van der Waals surface area (Å²) in [5.74, 6) is 0.321. The van der Waals surface area contributed by atoms with Crippen molar-refractivity contribution in [3.05, 3.63) is 35.4 Å². The van der Waals surface area contributed by atoms with E-state index in [2.05, 4.69) is 5.32 Å². The predicted molar refractivity (Wildman–Crippen MR) is 92.5 cm³/mol. The van der Waals surface area contributed by atoms with Gasteiger partial charge in [0, 0.05) is 31.1 Å². The minimum absolute atomic E-state index is 0.0328. The van der Waals surface area contributed by atoms with E-state index in [1.54, 1.807) is 0 Å². The standard InChI is InChI=1S/C20H26N2O2/c23-18(21-16-8-9-16)12-20(10-4-1-5-11-20)14-22-13-15-6-2-3-7-17(15)19(22)24/h2-3,6-7,16H,1,4-5,8-14H2,(H,21,23). The molecule has 0 unspecified atom stereocenters. The first kappa shape index (κ1) is 15.7. The fourth-order valence-corrected chi connectivity index (χ4v) is 4.39. The van der Waals surface area contributed by atoms with Gasteiger partial charge in [-0.25, -0.2) is 0 Å². The Morgan fingerprint density at radius 1 is 1.17 bits per heavy atom. The zero-order valence-corrected chi connectivity index (χ0v) is 14.2. The van der Waals surface area contributed by atoms with Crippen molar-refractivity contribution in [1.82, 2.24) is 10.2 Å². The maximum Gasteiger partial charge on any atom is 0.254 e. The molecule has 0 atom stereocenters. The summed E-state index contributed by atoms with van der Waals surface area (Å²) >= 11 is 0. The molecule has 1 aliphatic heterocycles.